The lowest BCUT2D eigenvalue weighted by atomic mass is 10.0. The molecule has 6 nitrogen and oxygen atoms in total. The average molecular weight is 380 g/mol. The first-order valence-corrected chi connectivity index (χ1v) is 10.5. The van der Waals surface area contributed by atoms with E-state index in [0.717, 1.165) is 44.9 Å². The number of likely N-dealkylation sites (tertiary alicyclic amines) is 1. The van der Waals surface area contributed by atoms with Crippen molar-refractivity contribution in [1.29, 1.82) is 0 Å². The first kappa shape index (κ1) is 19.9. The zero-order chi connectivity index (χ0) is 16.4. The van der Waals surface area contributed by atoms with Crippen molar-refractivity contribution in [2.45, 2.75) is 62.7 Å². The Hall–Kier alpha value is -0.370. The number of carbonyl (C=O) groups is 1. The quantitative estimate of drug-likeness (QED) is 0.798. The number of nitrogens with zero attached hydrogens (tertiary/aromatic N) is 2. The Morgan fingerprint density at radius 1 is 1.00 bits per heavy atom. The smallest absolute Gasteiger partial charge is 0.225 e. The van der Waals surface area contributed by atoms with Crippen molar-refractivity contribution in [2.24, 2.45) is 11.7 Å². The van der Waals surface area contributed by atoms with Crippen molar-refractivity contribution < 1.29 is 13.2 Å². The number of nitrogens with two attached hydrogens (primary N) is 1. The van der Waals surface area contributed by atoms with Crippen molar-refractivity contribution in [3.05, 3.63) is 0 Å². The molecular formula is C16H30ClN3O3S. The van der Waals surface area contributed by atoms with E-state index in [0.29, 0.717) is 32.6 Å². The van der Waals surface area contributed by atoms with Crippen LogP contribution in [0.3, 0.4) is 0 Å². The van der Waals surface area contributed by atoms with Gasteiger partial charge in [0, 0.05) is 38.1 Å². The second-order valence-corrected chi connectivity index (χ2v) is 9.38. The van der Waals surface area contributed by atoms with Gasteiger partial charge in [-0.15, -0.1) is 12.4 Å². The molecule has 2 unspecified atom stereocenters. The minimum Gasteiger partial charge on any atom is -0.341 e. The van der Waals surface area contributed by atoms with Gasteiger partial charge in [-0.1, -0.05) is 12.8 Å². The minimum absolute atomic E-state index is 0. The molecule has 2 atom stereocenters. The normalized spacial score (nSPS) is 29.6. The van der Waals surface area contributed by atoms with Crippen LogP contribution >= 0.6 is 12.4 Å². The Morgan fingerprint density at radius 2 is 1.67 bits per heavy atom. The fourth-order valence-electron chi connectivity index (χ4n) is 4.38. The van der Waals surface area contributed by atoms with Crippen molar-refractivity contribution in [3.63, 3.8) is 0 Å². The van der Waals surface area contributed by atoms with Gasteiger partial charge in [-0.2, -0.15) is 4.31 Å². The first-order chi connectivity index (χ1) is 11.0. The molecule has 0 aromatic heterocycles. The van der Waals surface area contributed by atoms with Gasteiger partial charge in [0.05, 0.1) is 5.25 Å². The molecule has 0 aromatic rings. The van der Waals surface area contributed by atoms with Crippen LogP contribution in [0.4, 0.5) is 0 Å². The van der Waals surface area contributed by atoms with Crippen molar-refractivity contribution >= 4 is 28.3 Å². The molecule has 1 saturated carbocycles. The van der Waals surface area contributed by atoms with E-state index in [-0.39, 0.29) is 30.3 Å². The summed E-state index contributed by atoms with van der Waals surface area (Å²) in [4.78, 5) is 14.4. The van der Waals surface area contributed by atoms with Crippen molar-refractivity contribution in [3.8, 4) is 0 Å². The average Bonchev–Trinajstić information content (AvgIpc) is 3.25. The van der Waals surface area contributed by atoms with Gasteiger partial charge in [-0.3, -0.25) is 4.79 Å². The number of carbonyl (C=O) groups excluding carboxylic acids is 1. The summed E-state index contributed by atoms with van der Waals surface area (Å²) in [6.45, 7) is 2.04. The summed E-state index contributed by atoms with van der Waals surface area (Å²) in [6, 6.07) is -0.0547. The highest BCUT2D eigenvalue weighted by Crippen LogP contribution is 2.30. The molecule has 0 bridgehead atoms. The van der Waals surface area contributed by atoms with Crippen molar-refractivity contribution in [2.75, 3.05) is 26.2 Å². The Morgan fingerprint density at radius 3 is 2.33 bits per heavy atom. The van der Waals surface area contributed by atoms with E-state index in [9.17, 15) is 13.2 Å². The highest BCUT2D eigenvalue weighted by atomic mass is 35.5. The molecule has 8 heteroatoms. The molecule has 1 amide bonds. The maximum absolute atomic E-state index is 13.0. The summed E-state index contributed by atoms with van der Waals surface area (Å²) < 4.78 is 27.6. The minimum atomic E-state index is -3.35. The summed E-state index contributed by atoms with van der Waals surface area (Å²) in [5.74, 6) is 0.305. The summed E-state index contributed by atoms with van der Waals surface area (Å²) in [7, 11) is -3.35. The van der Waals surface area contributed by atoms with Crippen LogP contribution in [-0.4, -0.2) is 61.0 Å². The SMILES string of the molecule is Cl.NCC1CCCN1S(=O)(=O)C1CCCN(C(=O)C2CCCC2)C1. The summed E-state index contributed by atoms with van der Waals surface area (Å²) in [5, 5.41) is -0.450. The first-order valence-electron chi connectivity index (χ1n) is 9.03. The van der Waals surface area contributed by atoms with Gasteiger partial charge in [0.25, 0.3) is 0 Å². The van der Waals surface area contributed by atoms with E-state index in [4.69, 9.17) is 5.73 Å². The molecular weight excluding hydrogens is 350 g/mol. The maximum atomic E-state index is 13.0. The van der Waals surface area contributed by atoms with Crippen LogP contribution in [0.1, 0.15) is 51.4 Å². The molecule has 2 N–H and O–H groups in total. The molecule has 3 rings (SSSR count). The largest absolute Gasteiger partial charge is 0.341 e. The predicted octanol–water partition coefficient (Wildman–Crippen LogP) is 1.34. The molecule has 0 radical (unpaired) electrons. The van der Waals surface area contributed by atoms with E-state index in [1.54, 1.807) is 4.31 Å². The molecule has 140 valence electrons. The molecule has 2 heterocycles. The Labute approximate surface area is 151 Å². The van der Waals surface area contributed by atoms with Crippen molar-refractivity contribution in [1.82, 2.24) is 9.21 Å². The van der Waals surface area contributed by atoms with Gasteiger partial charge in [-0.05, 0) is 38.5 Å². The van der Waals surface area contributed by atoms with Gasteiger partial charge in [0.1, 0.15) is 0 Å². The van der Waals surface area contributed by atoms with Crippen LogP contribution in [0, 0.1) is 5.92 Å². The van der Waals surface area contributed by atoms with Crippen LogP contribution in [0.25, 0.3) is 0 Å². The Kier molecular flexibility index (Phi) is 6.93. The number of halogens is 1. The van der Waals surface area contributed by atoms with E-state index < -0.39 is 15.3 Å². The maximum Gasteiger partial charge on any atom is 0.225 e. The molecule has 2 saturated heterocycles. The van der Waals surface area contributed by atoms with Gasteiger partial charge in [-0.25, -0.2) is 8.42 Å². The molecule has 0 aromatic carbocycles. The van der Waals surface area contributed by atoms with Gasteiger partial charge >= 0.3 is 0 Å². The Bertz CT molecular complexity index is 537. The summed E-state index contributed by atoms with van der Waals surface area (Å²) in [5.41, 5.74) is 5.74. The molecule has 2 aliphatic heterocycles. The van der Waals surface area contributed by atoms with E-state index in [2.05, 4.69) is 0 Å². The highest BCUT2D eigenvalue weighted by molar-refractivity contribution is 7.89. The molecule has 3 aliphatic rings. The molecule has 3 fully saturated rings. The third-order valence-corrected chi connectivity index (χ3v) is 8.10. The number of hydrogen-bond acceptors (Lipinski definition) is 4. The monoisotopic (exact) mass is 379 g/mol. The van der Waals surface area contributed by atoms with Crippen LogP contribution in [0.2, 0.25) is 0 Å². The predicted molar refractivity (Wildman–Crippen MR) is 96.5 cm³/mol. The number of hydrogen-bond donors (Lipinski definition) is 1. The fraction of sp³-hybridized carbons (Fsp3) is 0.938. The van der Waals surface area contributed by atoms with Crippen LogP contribution in [0.5, 0.6) is 0 Å². The lowest BCUT2D eigenvalue weighted by Crippen LogP contribution is -2.52. The third-order valence-electron chi connectivity index (χ3n) is 5.74. The standard InChI is InChI=1S/C16H29N3O3S.ClH/c17-11-14-7-3-10-19(14)23(21,22)15-8-4-9-18(12-15)16(20)13-5-1-2-6-13;/h13-15H,1-12,17H2;1H. The lowest BCUT2D eigenvalue weighted by molar-refractivity contribution is -0.136. The van der Waals surface area contributed by atoms with Gasteiger partial charge in [0.2, 0.25) is 15.9 Å². The summed E-state index contributed by atoms with van der Waals surface area (Å²) in [6.07, 6.45) is 7.36. The fourth-order valence-corrected chi connectivity index (χ4v) is 6.59. The number of sulfonamides is 1. The molecule has 0 spiro atoms. The number of rotatable bonds is 4. The molecule has 1 aliphatic carbocycles. The zero-order valence-electron chi connectivity index (χ0n) is 14.2. The Balaban J connectivity index is 0.00000208. The zero-order valence-corrected chi connectivity index (χ0v) is 15.9. The third kappa shape index (κ3) is 3.89. The topological polar surface area (TPSA) is 83.7 Å². The number of amides is 1. The van der Waals surface area contributed by atoms with Crippen LogP contribution < -0.4 is 5.73 Å². The van der Waals surface area contributed by atoms with E-state index in [1.165, 1.54) is 0 Å². The van der Waals surface area contributed by atoms with Crippen LogP contribution in [0.15, 0.2) is 0 Å². The lowest BCUT2D eigenvalue weighted by Gasteiger charge is -2.36. The van der Waals surface area contributed by atoms with Gasteiger partial charge < -0.3 is 10.6 Å². The number of piperidine rings is 1. The second kappa shape index (κ2) is 8.34. The second-order valence-electron chi connectivity index (χ2n) is 7.22. The molecule has 24 heavy (non-hydrogen) atoms. The van der Waals surface area contributed by atoms with E-state index in [1.807, 2.05) is 4.90 Å². The summed E-state index contributed by atoms with van der Waals surface area (Å²) >= 11 is 0. The van der Waals surface area contributed by atoms with Gasteiger partial charge in [0.15, 0.2) is 0 Å². The van der Waals surface area contributed by atoms with E-state index >= 15 is 0 Å². The van der Waals surface area contributed by atoms with Crippen LogP contribution in [-0.2, 0) is 14.8 Å². The highest BCUT2D eigenvalue weighted by Gasteiger charge is 2.41.